The first-order chi connectivity index (χ1) is 31.9. The lowest BCUT2D eigenvalue weighted by molar-refractivity contribution is -0.144. The van der Waals surface area contributed by atoms with Gasteiger partial charge in [0.25, 0.3) is 5.91 Å². The quantitative estimate of drug-likeness (QED) is 0.0338. The molecule has 1 aliphatic carbocycles. The Morgan fingerprint density at radius 2 is 1.32 bits per heavy atom. The number of amides is 5. The molecule has 2 aromatic carbocycles. The monoisotopic (exact) mass is 971 g/mol. The first-order valence-electron chi connectivity index (χ1n) is 20.3. The number of hydrogen-bond acceptors (Lipinski definition) is 14. The highest BCUT2D eigenvalue weighted by atomic mass is 31.2. The highest BCUT2D eigenvalue weighted by Crippen LogP contribution is 2.42. The minimum absolute atomic E-state index is 0.0581. The fourth-order valence-electron chi connectivity index (χ4n) is 6.65. The van der Waals surface area contributed by atoms with Gasteiger partial charge in [-0.15, -0.1) is 0 Å². The van der Waals surface area contributed by atoms with Gasteiger partial charge in [0.05, 0.1) is 18.7 Å². The molecule has 68 heavy (non-hydrogen) atoms. The number of hydrogen-bond donors (Lipinski definition) is 12. The zero-order valence-electron chi connectivity index (χ0n) is 35.9. The molecule has 1 aliphatic heterocycles. The number of fused-ring (bicyclic) bond motifs is 2. The van der Waals surface area contributed by atoms with E-state index < -0.39 is 141 Å². The Morgan fingerprint density at radius 3 is 1.88 bits per heavy atom. The van der Waals surface area contributed by atoms with E-state index in [1.54, 1.807) is 6.92 Å². The lowest BCUT2D eigenvalue weighted by Crippen LogP contribution is -2.59. The molecule has 2 aromatic rings. The first-order valence-corrected chi connectivity index (χ1v) is 21.8. The summed E-state index contributed by atoms with van der Waals surface area (Å²) in [4.78, 5) is 145. The van der Waals surface area contributed by atoms with E-state index in [9.17, 15) is 87.8 Å². The van der Waals surface area contributed by atoms with Crippen molar-refractivity contribution < 1.29 is 92.0 Å². The van der Waals surface area contributed by atoms with Gasteiger partial charge < -0.3 is 66.3 Å². The van der Waals surface area contributed by atoms with Crippen LogP contribution in [0.15, 0.2) is 63.8 Å². The van der Waals surface area contributed by atoms with Crippen LogP contribution in [-0.2, 0) is 42.7 Å². The van der Waals surface area contributed by atoms with Crippen molar-refractivity contribution in [2.24, 2.45) is 5.92 Å². The molecule has 2 aliphatic rings. The molecule has 0 saturated heterocycles. The van der Waals surface area contributed by atoms with E-state index in [4.69, 9.17) is 4.42 Å². The second-order valence-electron chi connectivity index (χ2n) is 15.2. The molecule has 0 aromatic heterocycles. The van der Waals surface area contributed by atoms with Crippen LogP contribution in [0.2, 0.25) is 0 Å². The number of aromatic hydroxyl groups is 1. The molecule has 4 rings (SSSR count). The fourth-order valence-corrected chi connectivity index (χ4v) is 6.99. The molecule has 25 nitrogen and oxygen atoms in total. The maximum atomic E-state index is 13.5. The van der Waals surface area contributed by atoms with Gasteiger partial charge in [0.2, 0.25) is 23.6 Å². The summed E-state index contributed by atoms with van der Waals surface area (Å²) in [5.74, 6) is -12.7. The number of carboxylic acid groups (broad SMARTS) is 4. The molecule has 0 fully saturated rings. The predicted molar refractivity (Wildman–Crippen MR) is 232 cm³/mol. The number of carbonyl (C=O) groups excluding carboxylic acids is 5. The van der Waals surface area contributed by atoms with Crippen molar-refractivity contribution in [2.75, 3.05) is 13.2 Å². The van der Waals surface area contributed by atoms with E-state index in [0.717, 1.165) is 12.1 Å². The van der Waals surface area contributed by atoms with Gasteiger partial charge in [0.15, 0.2) is 5.43 Å². The number of aromatic carboxylic acids is 1. The average Bonchev–Trinajstić information content (AvgIpc) is 3.26. The maximum absolute atomic E-state index is 13.5. The molecule has 5 atom stereocenters. The molecule has 1 heterocycles. The number of phenols is 1. The van der Waals surface area contributed by atoms with Gasteiger partial charge in [-0.2, -0.15) is 0 Å². The van der Waals surface area contributed by atoms with E-state index in [1.807, 2.05) is 5.32 Å². The SMILES string of the molecule is CC[C@H](C)[C@H](NC(=O)[C@H](CCC(=O)O)NC(=O)[C@H](CCC(=O)O)NC(=O)[C@H](COP(=O)(O)O)NC(=O)CNC(=O)c1ccc(-c2c3ccc(=O)cc-3oc3cc(O)ccc23)c(C(=O)O)c1)C(=O)O. The standard InChI is InChI=1S/C42H46N5O20P/c1-3-19(2)36(42(61)62)47-39(57)28(11-13-34(53)54)45-38(56)27(10-12-33(51)52)46-40(58)29(18-66-68(63,64)65)44-32(50)17-43-37(55)20-4-7-23(26(14-20)41(59)60)35-24-8-5-21(48)15-30(24)67-31-16-22(49)6-9-25(31)35/h4-9,14-16,19,27-29,36,48H,3,10-13,17-18H2,1-2H3,(H,43,55)(H,44,50)(H,45,56)(H,46,58)(H,47,57)(H,51,52)(H,53,54)(H,59,60)(H,61,62)(H2,63,64,65)/t19-,27-,28-,29-,36-/m0/s1. The lowest BCUT2D eigenvalue weighted by Gasteiger charge is -2.27. The van der Waals surface area contributed by atoms with E-state index in [1.165, 1.54) is 49.4 Å². The second kappa shape index (κ2) is 23.1. The molecule has 0 radical (unpaired) electrons. The van der Waals surface area contributed by atoms with Crippen molar-refractivity contribution in [3.63, 3.8) is 0 Å². The van der Waals surface area contributed by atoms with Crippen LogP contribution in [0.25, 0.3) is 33.4 Å². The molecule has 0 bridgehead atoms. The van der Waals surface area contributed by atoms with Crippen molar-refractivity contribution in [1.82, 2.24) is 26.6 Å². The van der Waals surface area contributed by atoms with Crippen molar-refractivity contribution in [3.05, 3.63) is 75.9 Å². The summed E-state index contributed by atoms with van der Waals surface area (Å²) in [5.41, 5.74) is -0.419. The average molecular weight is 972 g/mol. The van der Waals surface area contributed by atoms with Crippen LogP contribution < -0.4 is 32.0 Å². The largest absolute Gasteiger partial charge is 0.508 e. The molecule has 364 valence electrons. The number of phosphoric ester groups is 1. The van der Waals surface area contributed by atoms with Gasteiger partial charge in [-0.1, -0.05) is 26.3 Å². The van der Waals surface area contributed by atoms with E-state index in [-0.39, 0.29) is 40.2 Å². The van der Waals surface area contributed by atoms with Crippen LogP contribution >= 0.6 is 7.82 Å². The van der Waals surface area contributed by atoms with Gasteiger partial charge in [-0.05, 0) is 60.7 Å². The van der Waals surface area contributed by atoms with Gasteiger partial charge >= 0.3 is 31.7 Å². The predicted octanol–water partition coefficient (Wildman–Crippen LogP) is 0.607. The summed E-state index contributed by atoms with van der Waals surface area (Å²) in [7, 11) is -5.37. The number of phenolic OH excluding ortho intramolecular Hbond substituents is 1. The molecule has 12 N–H and O–H groups in total. The number of rotatable bonds is 24. The van der Waals surface area contributed by atoms with Crippen molar-refractivity contribution in [1.29, 1.82) is 0 Å². The zero-order chi connectivity index (χ0) is 50.6. The summed E-state index contributed by atoms with van der Waals surface area (Å²) in [6.45, 7) is 0.881. The van der Waals surface area contributed by atoms with Crippen molar-refractivity contribution in [3.8, 4) is 28.2 Å². The third-order valence-corrected chi connectivity index (χ3v) is 10.8. The molecule has 5 amide bonds. The molecular weight excluding hydrogens is 925 g/mol. The first kappa shape index (κ1) is 52.9. The maximum Gasteiger partial charge on any atom is 0.469 e. The number of aliphatic carboxylic acids is 3. The van der Waals surface area contributed by atoms with Gasteiger partial charge in [0.1, 0.15) is 41.3 Å². The van der Waals surface area contributed by atoms with Gasteiger partial charge in [-0.3, -0.25) is 42.9 Å². The van der Waals surface area contributed by atoms with Crippen LogP contribution in [0.3, 0.4) is 0 Å². The van der Waals surface area contributed by atoms with Crippen LogP contribution in [0.5, 0.6) is 5.75 Å². The van der Waals surface area contributed by atoms with E-state index in [0.29, 0.717) is 10.9 Å². The third-order valence-electron chi connectivity index (χ3n) is 10.3. The second-order valence-corrected chi connectivity index (χ2v) is 16.4. The van der Waals surface area contributed by atoms with E-state index in [2.05, 4.69) is 25.8 Å². The minimum atomic E-state index is -5.37. The topological polar surface area (TPSA) is 412 Å². The Kier molecular flexibility index (Phi) is 18.0. The Hall–Kier alpha value is -7.73. The molecule has 26 heteroatoms. The minimum Gasteiger partial charge on any atom is -0.508 e. The van der Waals surface area contributed by atoms with E-state index >= 15 is 0 Å². The zero-order valence-corrected chi connectivity index (χ0v) is 36.8. The molecule has 0 spiro atoms. The Labute approximate surface area is 383 Å². The van der Waals surface area contributed by atoms with Crippen LogP contribution in [0.1, 0.15) is 66.7 Å². The summed E-state index contributed by atoms with van der Waals surface area (Å²) in [6.07, 6.45) is -2.56. The Balaban J connectivity index is 1.55. The molecular formula is C42H46N5O20P. The van der Waals surface area contributed by atoms with Crippen molar-refractivity contribution >= 4 is 72.2 Å². The van der Waals surface area contributed by atoms with Gasteiger partial charge in [0, 0.05) is 47.1 Å². The Bertz CT molecular complexity index is 2700. The number of phosphoric acid groups is 1. The fraction of sp³-hybridized carbons (Fsp3) is 0.333. The third kappa shape index (κ3) is 14.6. The smallest absolute Gasteiger partial charge is 0.469 e. The summed E-state index contributed by atoms with van der Waals surface area (Å²) in [5, 5.41) is 59.6. The highest BCUT2D eigenvalue weighted by Gasteiger charge is 2.34. The summed E-state index contributed by atoms with van der Waals surface area (Å²) < 4.78 is 21.8. The van der Waals surface area contributed by atoms with Crippen LogP contribution in [-0.4, -0.2) is 126 Å². The normalized spacial score (nSPS) is 13.5. The number of benzene rings is 3. The number of carbonyl (C=O) groups is 9. The van der Waals surface area contributed by atoms with Crippen LogP contribution in [0, 0.1) is 5.92 Å². The number of carboxylic acids is 4. The Morgan fingerprint density at radius 1 is 0.735 bits per heavy atom. The van der Waals surface area contributed by atoms with Crippen molar-refractivity contribution in [2.45, 2.75) is 70.1 Å². The van der Waals surface area contributed by atoms with Gasteiger partial charge in [-0.25, -0.2) is 14.2 Å². The lowest BCUT2D eigenvalue weighted by atomic mass is 9.90. The molecule has 0 saturated carbocycles. The van der Waals surface area contributed by atoms with Crippen LogP contribution in [0.4, 0.5) is 0 Å². The number of nitrogens with one attached hydrogen (secondary N) is 5. The highest BCUT2D eigenvalue weighted by molar-refractivity contribution is 7.46. The molecule has 0 unspecified atom stereocenters. The summed E-state index contributed by atoms with van der Waals surface area (Å²) >= 11 is 0. The summed E-state index contributed by atoms with van der Waals surface area (Å²) in [6, 6.07) is 4.09.